The molecule has 0 bridgehead atoms. The summed E-state index contributed by atoms with van der Waals surface area (Å²) >= 11 is 0. The molecule has 1 aromatic carbocycles. The number of hydrogen-bond acceptors (Lipinski definition) is 3. The van der Waals surface area contributed by atoms with E-state index in [1.54, 1.807) is 7.11 Å². The van der Waals surface area contributed by atoms with Gasteiger partial charge in [0.15, 0.2) is 0 Å². The summed E-state index contributed by atoms with van der Waals surface area (Å²) in [7, 11) is 1.59. The van der Waals surface area contributed by atoms with Crippen LogP contribution in [-0.2, 0) is 20.3 Å². The predicted molar refractivity (Wildman–Crippen MR) is 86.9 cm³/mol. The van der Waals surface area contributed by atoms with E-state index < -0.39 is 6.48 Å². The molecule has 0 spiro atoms. The van der Waals surface area contributed by atoms with E-state index in [1.807, 2.05) is 19.1 Å². The highest BCUT2D eigenvalue weighted by atomic mass is 16.8. The van der Waals surface area contributed by atoms with Crippen LogP contribution >= 0.6 is 0 Å². The van der Waals surface area contributed by atoms with Crippen LogP contribution in [0.5, 0.6) is 5.75 Å². The topological polar surface area (TPSA) is 27.7 Å². The molecule has 0 heterocycles. The fraction of sp³-hybridized carbons (Fsp3) is 0.667. The van der Waals surface area contributed by atoms with E-state index in [9.17, 15) is 0 Å². The summed E-state index contributed by atoms with van der Waals surface area (Å²) in [4.78, 5) is 0. The van der Waals surface area contributed by atoms with Gasteiger partial charge in [-0.3, -0.25) is 0 Å². The first-order valence-corrected chi connectivity index (χ1v) is 7.56. The van der Waals surface area contributed by atoms with Crippen LogP contribution in [0.4, 0.5) is 0 Å². The minimum atomic E-state index is -0.675. The molecule has 1 atom stereocenters. The molecule has 1 aromatic rings. The smallest absolute Gasteiger partial charge is 0.315 e. The van der Waals surface area contributed by atoms with E-state index in [0.717, 1.165) is 5.75 Å². The Morgan fingerprint density at radius 3 is 2.05 bits per heavy atom. The van der Waals surface area contributed by atoms with Gasteiger partial charge in [0.1, 0.15) is 5.75 Å². The molecule has 21 heavy (non-hydrogen) atoms. The predicted octanol–water partition coefficient (Wildman–Crippen LogP) is 4.63. The minimum Gasteiger partial charge on any atom is -0.441 e. The zero-order valence-electron chi connectivity index (χ0n) is 14.7. The maximum absolute atomic E-state index is 5.95. The third-order valence-electron chi connectivity index (χ3n) is 3.30. The normalized spacial score (nSPS) is 14.1. The number of methoxy groups -OCH3 is 1. The second-order valence-electron chi connectivity index (χ2n) is 7.28. The van der Waals surface area contributed by atoms with Gasteiger partial charge in [-0.25, -0.2) is 0 Å². The van der Waals surface area contributed by atoms with Crippen molar-refractivity contribution in [3.05, 3.63) is 29.3 Å². The zero-order chi connectivity index (χ0) is 16.3. The molecule has 0 N–H and O–H groups in total. The molecule has 3 heteroatoms. The monoisotopic (exact) mass is 294 g/mol. The first kappa shape index (κ1) is 18.0. The van der Waals surface area contributed by atoms with Crippen LogP contribution in [0.15, 0.2) is 18.2 Å². The highest BCUT2D eigenvalue weighted by Crippen LogP contribution is 2.40. The quantitative estimate of drug-likeness (QED) is 0.741. The Bertz CT molecular complexity index is 453. The Kier molecular flexibility index (Phi) is 5.83. The van der Waals surface area contributed by atoms with Crippen molar-refractivity contribution in [2.24, 2.45) is 0 Å². The molecule has 0 aliphatic rings. The Hall–Kier alpha value is -1.06. The average molecular weight is 294 g/mol. The minimum absolute atomic E-state index is 0.0241. The summed E-state index contributed by atoms with van der Waals surface area (Å²) in [6, 6.07) is 6.20. The average Bonchev–Trinajstić information content (AvgIpc) is 2.35. The molecular weight excluding hydrogens is 264 g/mol. The summed E-state index contributed by atoms with van der Waals surface area (Å²) in [5.74, 6) is 0.829. The number of hydrogen-bond donors (Lipinski definition) is 0. The van der Waals surface area contributed by atoms with Gasteiger partial charge in [0.2, 0.25) is 0 Å². The lowest BCUT2D eigenvalue weighted by atomic mass is 9.75. The van der Waals surface area contributed by atoms with E-state index in [4.69, 9.17) is 14.2 Å². The highest BCUT2D eigenvalue weighted by molar-refractivity contribution is 5.47. The third kappa shape index (κ3) is 4.72. The number of ether oxygens (including phenoxy) is 3. The van der Waals surface area contributed by atoms with E-state index in [0.29, 0.717) is 6.61 Å². The summed E-state index contributed by atoms with van der Waals surface area (Å²) in [5.41, 5.74) is 2.53. The molecule has 0 aliphatic carbocycles. The molecule has 1 rings (SSSR count). The van der Waals surface area contributed by atoms with Gasteiger partial charge in [0, 0.05) is 12.7 Å². The lowest BCUT2D eigenvalue weighted by Gasteiger charge is -2.32. The number of benzene rings is 1. The van der Waals surface area contributed by atoms with Gasteiger partial charge >= 0.3 is 6.48 Å². The molecule has 0 saturated heterocycles. The Labute approximate surface area is 129 Å². The first-order chi connectivity index (χ1) is 9.61. The van der Waals surface area contributed by atoms with Crippen LogP contribution in [0.2, 0.25) is 0 Å². The first-order valence-electron chi connectivity index (χ1n) is 7.56. The summed E-state index contributed by atoms with van der Waals surface area (Å²) in [6.07, 6.45) is 0. The van der Waals surface area contributed by atoms with Crippen molar-refractivity contribution in [1.29, 1.82) is 0 Å². The van der Waals surface area contributed by atoms with Gasteiger partial charge in [0.25, 0.3) is 0 Å². The van der Waals surface area contributed by atoms with Crippen LogP contribution in [-0.4, -0.2) is 20.2 Å². The van der Waals surface area contributed by atoms with E-state index in [1.165, 1.54) is 11.1 Å². The molecule has 3 nitrogen and oxygen atoms in total. The van der Waals surface area contributed by atoms with E-state index >= 15 is 0 Å². The van der Waals surface area contributed by atoms with Crippen molar-refractivity contribution in [2.75, 3.05) is 13.7 Å². The van der Waals surface area contributed by atoms with Crippen LogP contribution in [0.1, 0.15) is 59.6 Å². The van der Waals surface area contributed by atoms with Gasteiger partial charge in [-0.1, -0.05) is 53.7 Å². The molecule has 0 aliphatic heterocycles. The molecule has 0 amide bonds. The van der Waals surface area contributed by atoms with Crippen LogP contribution in [0.3, 0.4) is 0 Å². The van der Waals surface area contributed by atoms with Crippen molar-refractivity contribution >= 4 is 0 Å². The molecule has 120 valence electrons. The van der Waals surface area contributed by atoms with Crippen molar-refractivity contribution in [2.45, 2.75) is 65.8 Å². The SMILES string of the molecule is CCOC(OC)Oc1cccc(C(C)(C)C)c1C(C)(C)C. The summed E-state index contributed by atoms with van der Waals surface area (Å²) in [6.45, 7) is 15.1. The lowest BCUT2D eigenvalue weighted by molar-refractivity contribution is -0.231. The van der Waals surface area contributed by atoms with Crippen LogP contribution in [0.25, 0.3) is 0 Å². The van der Waals surface area contributed by atoms with Crippen molar-refractivity contribution in [3.63, 3.8) is 0 Å². The van der Waals surface area contributed by atoms with E-state index in [2.05, 4.69) is 47.6 Å². The third-order valence-corrected chi connectivity index (χ3v) is 3.30. The molecule has 0 saturated carbocycles. The second-order valence-corrected chi connectivity index (χ2v) is 7.28. The highest BCUT2D eigenvalue weighted by Gasteiger charge is 2.29. The fourth-order valence-electron chi connectivity index (χ4n) is 2.42. The Morgan fingerprint density at radius 1 is 1.00 bits per heavy atom. The van der Waals surface area contributed by atoms with Crippen molar-refractivity contribution < 1.29 is 14.2 Å². The van der Waals surface area contributed by atoms with Gasteiger partial charge in [-0.2, -0.15) is 0 Å². The molecular formula is C18H30O3. The van der Waals surface area contributed by atoms with Crippen molar-refractivity contribution in [3.8, 4) is 5.75 Å². The molecule has 0 radical (unpaired) electrons. The Morgan fingerprint density at radius 2 is 1.62 bits per heavy atom. The van der Waals surface area contributed by atoms with Gasteiger partial charge < -0.3 is 14.2 Å². The molecule has 0 aromatic heterocycles. The second kappa shape index (κ2) is 6.80. The Balaban J connectivity index is 3.32. The largest absolute Gasteiger partial charge is 0.441 e. The fourth-order valence-corrected chi connectivity index (χ4v) is 2.42. The zero-order valence-corrected chi connectivity index (χ0v) is 14.7. The van der Waals surface area contributed by atoms with Gasteiger partial charge in [-0.15, -0.1) is 0 Å². The lowest BCUT2D eigenvalue weighted by Crippen LogP contribution is -2.27. The van der Waals surface area contributed by atoms with Crippen molar-refractivity contribution in [1.82, 2.24) is 0 Å². The number of rotatable bonds is 5. The van der Waals surface area contributed by atoms with Gasteiger partial charge in [0.05, 0.1) is 6.61 Å². The standard InChI is InChI=1S/C18H30O3/c1-9-20-16(19-8)21-14-12-10-11-13(17(2,3)4)15(14)18(5,6)7/h10-12,16H,9H2,1-8H3. The molecule has 0 fully saturated rings. The summed E-state index contributed by atoms with van der Waals surface area (Å²) in [5, 5.41) is 0. The van der Waals surface area contributed by atoms with E-state index in [-0.39, 0.29) is 10.8 Å². The van der Waals surface area contributed by atoms with Crippen LogP contribution in [0, 0.1) is 0 Å². The summed E-state index contributed by atoms with van der Waals surface area (Å²) < 4.78 is 16.6. The van der Waals surface area contributed by atoms with Crippen LogP contribution < -0.4 is 4.74 Å². The van der Waals surface area contributed by atoms with Gasteiger partial charge in [-0.05, 0) is 29.4 Å². The maximum atomic E-state index is 5.95. The molecule has 1 unspecified atom stereocenters. The maximum Gasteiger partial charge on any atom is 0.315 e.